The lowest BCUT2D eigenvalue weighted by atomic mass is 9.87. The molecule has 0 aromatic heterocycles. The molecule has 1 saturated carbocycles. The molecule has 0 unspecified atom stereocenters. The zero-order valence-electron chi connectivity index (χ0n) is 13.1. The lowest BCUT2D eigenvalue weighted by Crippen LogP contribution is -2.40. The molecule has 0 amide bonds. The summed E-state index contributed by atoms with van der Waals surface area (Å²) in [5.74, 6) is 0.955. The summed E-state index contributed by atoms with van der Waals surface area (Å²) in [4.78, 5) is 0.263. The molecule has 0 aliphatic heterocycles. The van der Waals surface area contributed by atoms with E-state index in [1.54, 1.807) is 18.2 Å². The van der Waals surface area contributed by atoms with Crippen molar-refractivity contribution in [3.05, 3.63) is 22.7 Å². The number of nitrogens with one attached hydrogen (secondary N) is 1. The minimum absolute atomic E-state index is 0.0300. The molecule has 0 radical (unpaired) electrons. The summed E-state index contributed by atoms with van der Waals surface area (Å²) in [5, 5.41) is 0. The van der Waals surface area contributed by atoms with Crippen molar-refractivity contribution in [2.24, 2.45) is 5.92 Å². The molecule has 22 heavy (non-hydrogen) atoms. The molecule has 1 aromatic rings. The van der Waals surface area contributed by atoms with Crippen LogP contribution in [0.3, 0.4) is 0 Å². The lowest BCUT2D eigenvalue weighted by Gasteiger charge is -2.29. The number of benzene rings is 1. The maximum absolute atomic E-state index is 12.6. The summed E-state index contributed by atoms with van der Waals surface area (Å²) in [6, 6.07) is 4.96. The zero-order valence-corrected chi connectivity index (χ0v) is 15.5. The van der Waals surface area contributed by atoms with Gasteiger partial charge >= 0.3 is 0 Å². The molecular formula is C16H24BrNO3S. The zero-order chi connectivity index (χ0) is 16.2. The third-order valence-corrected chi connectivity index (χ3v) is 6.24. The van der Waals surface area contributed by atoms with Gasteiger partial charge in [0.2, 0.25) is 10.0 Å². The SMILES string of the molecule is CCCOc1cc(S(=O)(=O)N[C@@H]2CCCC[C@H]2C)ccc1Br. The van der Waals surface area contributed by atoms with Crippen molar-refractivity contribution in [1.29, 1.82) is 0 Å². The van der Waals surface area contributed by atoms with Crippen molar-refractivity contribution in [2.45, 2.75) is 56.9 Å². The summed E-state index contributed by atoms with van der Waals surface area (Å²) in [7, 11) is -3.51. The Morgan fingerprint density at radius 1 is 1.32 bits per heavy atom. The molecule has 4 nitrogen and oxygen atoms in total. The molecule has 0 heterocycles. The molecular weight excluding hydrogens is 366 g/mol. The summed E-state index contributed by atoms with van der Waals surface area (Å²) >= 11 is 3.40. The minimum Gasteiger partial charge on any atom is -0.492 e. The van der Waals surface area contributed by atoms with Crippen LogP contribution in [-0.4, -0.2) is 21.1 Å². The van der Waals surface area contributed by atoms with E-state index >= 15 is 0 Å². The van der Waals surface area contributed by atoms with Gasteiger partial charge in [-0.3, -0.25) is 0 Å². The maximum atomic E-state index is 12.6. The van der Waals surface area contributed by atoms with Gasteiger partial charge in [0.25, 0.3) is 0 Å². The van der Waals surface area contributed by atoms with Gasteiger partial charge in [-0.05, 0) is 53.2 Å². The van der Waals surface area contributed by atoms with E-state index in [-0.39, 0.29) is 10.9 Å². The molecule has 2 atom stereocenters. The first-order valence-corrected chi connectivity index (χ1v) is 10.2. The highest BCUT2D eigenvalue weighted by atomic mass is 79.9. The van der Waals surface area contributed by atoms with E-state index in [1.807, 2.05) is 6.92 Å². The summed E-state index contributed by atoms with van der Waals surface area (Å²) in [6.07, 6.45) is 5.14. The van der Waals surface area contributed by atoms with Crippen LogP contribution in [0.5, 0.6) is 5.75 Å². The van der Waals surface area contributed by atoms with E-state index < -0.39 is 10.0 Å². The molecule has 1 N–H and O–H groups in total. The molecule has 1 aromatic carbocycles. The Morgan fingerprint density at radius 2 is 2.05 bits per heavy atom. The van der Waals surface area contributed by atoms with Gasteiger partial charge < -0.3 is 4.74 Å². The molecule has 6 heteroatoms. The third-order valence-electron chi connectivity index (χ3n) is 4.09. The molecule has 1 aliphatic carbocycles. The highest BCUT2D eigenvalue weighted by molar-refractivity contribution is 9.10. The molecule has 124 valence electrons. The van der Waals surface area contributed by atoms with E-state index in [4.69, 9.17) is 4.74 Å². The van der Waals surface area contributed by atoms with E-state index in [0.29, 0.717) is 18.3 Å². The van der Waals surface area contributed by atoms with Gasteiger partial charge in [-0.2, -0.15) is 0 Å². The summed E-state index contributed by atoms with van der Waals surface area (Å²) in [6.45, 7) is 4.69. The van der Waals surface area contributed by atoms with Gasteiger partial charge in [0.1, 0.15) is 5.75 Å². The average Bonchev–Trinajstić information content (AvgIpc) is 2.48. The standard InChI is InChI=1S/C16H24BrNO3S/c1-3-10-21-16-11-13(8-9-14(16)17)22(19,20)18-15-7-5-4-6-12(15)2/h8-9,11-12,15,18H,3-7,10H2,1-2H3/t12-,15-/m1/s1. The number of ether oxygens (including phenoxy) is 1. The van der Waals surface area contributed by atoms with Crippen LogP contribution in [0.15, 0.2) is 27.6 Å². The Labute approximate surface area is 141 Å². The normalized spacial score (nSPS) is 22.5. The highest BCUT2D eigenvalue weighted by Gasteiger charge is 2.27. The molecule has 2 rings (SSSR count). The minimum atomic E-state index is -3.51. The van der Waals surface area contributed by atoms with Crippen molar-refractivity contribution in [3.8, 4) is 5.75 Å². The lowest BCUT2D eigenvalue weighted by molar-refractivity contribution is 0.309. The fourth-order valence-electron chi connectivity index (χ4n) is 2.73. The van der Waals surface area contributed by atoms with Crippen molar-refractivity contribution >= 4 is 26.0 Å². The predicted molar refractivity (Wildman–Crippen MR) is 91.7 cm³/mol. The number of rotatable bonds is 6. The monoisotopic (exact) mass is 389 g/mol. The molecule has 0 saturated heterocycles. The van der Waals surface area contributed by atoms with Crippen molar-refractivity contribution in [2.75, 3.05) is 6.61 Å². The number of hydrogen-bond donors (Lipinski definition) is 1. The topological polar surface area (TPSA) is 55.4 Å². The highest BCUT2D eigenvalue weighted by Crippen LogP contribution is 2.29. The Kier molecular flexibility index (Phi) is 6.29. The fourth-order valence-corrected chi connectivity index (χ4v) is 4.49. The van der Waals surface area contributed by atoms with E-state index in [2.05, 4.69) is 27.6 Å². The Balaban J connectivity index is 2.17. The predicted octanol–water partition coefficient (Wildman–Crippen LogP) is 4.09. The summed E-state index contributed by atoms with van der Waals surface area (Å²) in [5.41, 5.74) is 0. The Morgan fingerprint density at radius 3 is 2.73 bits per heavy atom. The molecule has 1 fully saturated rings. The smallest absolute Gasteiger partial charge is 0.240 e. The summed E-state index contributed by atoms with van der Waals surface area (Å²) < 4.78 is 34.4. The van der Waals surface area contributed by atoms with Crippen molar-refractivity contribution in [1.82, 2.24) is 4.72 Å². The van der Waals surface area contributed by atoms with Crippen molar-refractivity contribution < 1.29 is 13.2 Å². The number of halogens is 1. The average molecular weight is 390 g/mol. The fraction of sp³-hybridized carbons (Fsp3) is 0.625. The quantitative estimate of drug-likeness (QED) is 0.796. The molecule has 0 spiro atoms. The Bertz CT molecular complexity index is 603. The van der Waals surface area contributed by atoms with Crippen LogP contribution in [-0.2, 0) is 10.0 Å². The second-order valence-corrected chi connectivity index (χ2v) is 8.50. The Hall–Kier alpha value is -0.590. The first kappa shape index (κ1) is 17.8. The maximum Gasteiger partial charge on any atom is 0.240 e. The van der Waals surface area contributed by atoms with Gasteiger partial charge in [-0.25, -0.2) is 13.1 Å². The van der Waals surface area contributed by atoms with Crippen LogP contribution in [0.1, 0.15) is 46.0 Å². The number of hydrogen-bond acceptors (Lipinski definition) is 3. The first-order valence-electron chi connectivity index (χ1n) is 7.88. The van der Waals surface area contributed by atoms with Gasteiger partial charge in [-0.1, -0.05) is 26.7 Å². The second-order valence-electron chi connectivity index (χ2n) is 5.93. The van der Waals surface area contributed by atoms with Crippen LogP contribution in [0.25, 0.3) is 0 Å². The first-order chi connectivity index (χ1) is 10.4. The molecule has 1 aliphatic rings. The van der Waals surface area contributed by atoms with E-state index in [0.717, 1.165) is 30.2 Å². The van der Waals surface area contributed by atoms with Crippen LogP contribution >= 0.6 is 15.9 Å². The number of sulfonamides is 1. The van der Waals surface area contributed by atoms with Crippen LogP contribution < -0.4 is 9.46 Å². The van der Waals surface area contributed by atoms with Gasteiger partial charge in [-0.15, -0.1) is 0 Å². The second kappa shape index (κ2) is 7.79. The largest absolute Gasteiger partial charge is 0.492 e. The van der Waals surface area contributed by atoms with E-state index in [1.165, 1.54) is 6.42 Å². The van der Waals surface area contributed by atoms with Crippen LogP contribution in [0.2, 0.25) is 0 Å². The van der Waals surface area contributed by atoms with Gasteiger partial charge in [0.15, 0.2) is 0 Å². The molecule has 0 bridgehead atoms. The van der Waals surface area contributed by atoms with E-state index in [9.17, 15) is 8.42 Å². The van der Waals surface area contributed by atoms with Gasteiger partial charge in [0.05, 0.1) is 16.0 Å². The van der Waals surface area contributed by atoms with Crippen LogP contribution in [0, 0.1) is 5.92 Å². The third kappa shape index (κ3) is 4.46. The van der Waals surface area contributed by atoms with Gasteiger partial charge in [0, 0.05) is 12.1 Å². The van der Waals surface area contributed by atoms with Crippen molar-refractivity contribution in [3.63, 3.8) is 0 Å². The van der Waals surface area contributed by atoms with Crippen LogP contribution in [0.4, 0.5) is 0 Å².